The zero-order valence-electron chi connectivity index (χ0n) is 9.43. The molecule has 0 spiro atoms. The fraction of sp³-hybridized carbons (Fsp3) is 0.500. The molecule has 1 unspecified atom stereocenters. The first kappa shape index (κ1) is 13.0. The van der Waals surface area contributed by atoms with Gasteiger partial charge >= 0.3 is 0 Å². The Balaban J connectivity index is 2.82. The topological polar surface area (TPSA) is 26.0 Å². The molecule has 0 aliphatic rings. The highest BCUT2D eigenvalue weighted by Gasteiger charge is 2.15. The van der Waals surface area contributed by atoms with Gasteiger partial charge in [0.1, 0.15) is 5.82 Å². The summed E-state index contributed by atoms with van der Waals surface area (Å²) in [5, 5.41) is 0. The van der Waals surface area contributed by atoms with Crippen molar-refractivity contribution in [2.24, 2.45) is 11.7 Å². The highest BCUT2D eigenvalue weighted by atomic mass is 19.2. The van der Waals surface area contributed by atoms with E-state index in [0.717, 1.165) is 12.5 Å². The molecule has 0 aromatic heterocycles. The van der Waals surface area contributed by atoms with Crippen LogP contribution in [0.15, 0.2) is 12.1 Å². The minimum absolute atomic E-state index is 0.0413. The van der Waals surface area contributed by atoms with E-state index in [1.54, 1.807) is 0 Å². The summed E-state index contributed by atoms with van der Waals surface area (Å²) in [7, 11) is 0. The number of hydrogen-bond donors (Lipinski definition) is 1. The predicted molar refractivity (Wildman–Crippen MR) is 57.3 cm³/mol. The molecule has 0 saturated carbocycles. The number of benzene rings is 1. The maximum Gasteiger partial charge on any atom is 0.161 e. The van der Waals surface area contributed by atoms with Crippen molar-refractivity contribution in [2.45, 2.75) is 32.7 Å². The minimum atomic E-state index is -1.18. The molecule has 1 atom stereocenters. The zero-order chi connectivity index (χ0) is 12.3. The Morgan fingerprint density at radius 2 is 1.56 bits per heavy atom. The Hall–Kier alpha value is -1.03. The number of halogens is 3. The van der Waals surface area contributed by atoms with Crippen LogP contribution in [0.2, 0.25) is 0 Å². The third-order valence-electron chi connectivity index (χ3n) is 2.49. The summed E-state index contributed by atoms with van der Waals surface area (Å²) in [6.07, 6.45) is 1.37. The van der Waals surface area contributed by atoms with Crippen LogP contribution in [0.1, 0.15) is 38.3 Å². The van der Waals surface area contributed by atoms with Crippen LogP contribution in [0.4, 0.5) is 13.2 Å². The lowest BCUT2D eigenvalue weighted by molar-refractivity contribution is 0.466. The van der Waals surface area contributed by atoms with E-state index in [1.165, 1.54) is 0 Å². The van der Waals surface area contributed by atoms with Crippen LogP contribution in [-0.2, 0) is 0 Å². The second kappa shape index (κ2) is 5.34. The van der Waals surface area contributed by atoms with Gasteiger partial charge in [0, 0.05) is 17.7 Å². The molecule has 90 valence electrons. The molecular formula is C12H16F3N. The lowest BCUT2D eigenvalue weighted by atomic mass is 9.98. The Bertz CT molecular complexity index is 364. The molecule has 0 bridgehead atoms. The van der Waals surface area contributed by atoms with Crippen molar-refractivity contribution in [1.29, 1.82) is 0 Å². The molecule has 0 amide bonds. The van der Waals surface area contributed by atoms with Crippen molar-refractivity contribution >= 4 is 0 Å². The molecule has 1 rings (SSSR count). The molecule has 0 heterocycles. The van der Waals surface area contributed by atoms with Gasteiger partial charge in [-0.15, -0.1) is 0 Å². The standard InChI is InChI=1S/C12H16F3N/c1-7(2)3-4-12(16)8-5-10(14)11(15)6-9(8)13/h5-7,12H,3-4,16H2,1-2H3. The van der Waals surface area contributed by atoms with Gasteiger partial charge in [-0.3, -0.25) is 0 Å². The number of rotatable bonds is 4. The van der Waals surface area contributed by atoms with Gasteiger partial charge in [0.2, 0.25) is 0 Å². The van der Waals surface area contributed by atoms with Gasteiger partial charge in [-0.1, -0.05) is 13.8 Å². The summed E-state index contributed by atoms with van der Waals surface area (Å²) in [5.41, 5.74) is 5.78. The predicted octanol–water partition coefficient (Wildman–Crippen LogP) is 3.54. The van der Waals surface area contributed by atoms with E-state index in [1.807, 2.05) is 13.8 Å². The summed E-state index contributed by atoms with van der Waals surface area (Å²) in [6, 6.07) is 0.799. The van der Waals surface area contributed by atoms with E-state index in [2.05, 4.69) is 0 Å². The highest BCUT2D eigenvalue weighted by Crippen LogP contribution is 2.23. The molecular weight excluding hydrogens is 215 g/mol. The number of nitrogens with two attached hydrogens (primary N) is 1. The lowest BCUT2D eigenvalue weighted by Gasteiger charge is -2.14. The summed E-state index contributed by atoms with van der Waals surface area (Å²) in [6.45, 7) is 4.04. The molecule has 1 nitrogen and oxygen atoms in total. The molecule has 0 aliphatic heterocycles. The second-order valence-electron chi connectivity index (χ2n) is 4.37. The summed E-state index contributed by atoms with van der Waals surface area (Å²) in [4.78, 5) is 0. The Morgan fingerprint density at radius 1 is 1.00 bits per heavy atom. The molecule has 0 saturated heterocycles. The third-order valence-corrected chi connectivity index (χ3v) is 2.49. The molecule has 0 aliphatic carbocycles. The van der Waals surface area contributed by atoms with Crippen LogP contribution in [-0.4, -0.2) is 0 Å². The van der Waals surface area contributed by atoms with Gasteiger partial charge in [-0.25, -0.2) is 13.2 Å². The second-order valence-corrected chi connectivity index (χ2v) is 4.37. The van der Waals surface area contributed by atoms with E-state index >= 15 is 0 Å². The Kier molecular flexibility index (Phi) is 4.35. The molecule has 4 heteroatoms. The average molecular weight is 231 g/mol. The fourth-order valence-electron chi connectivity index (χ4n) is 1.49. The van der Waals surface area contributed by atoms with E-state index in [9.17, 15) is 13.2 Å². The Morgan fingerprint density at radius 3 is 2.12 bits per heavy atom. The van der Waals surface area contributed by atoms with E-state index in [4.69, 9.17) is 5.73 Å². The minimum Gasteiger partial charge on any atom is -0.324 e. The Labute approximate surface area is 93.5 Å². The summed E-state index contributed by atoms with van der Waals surface area (Å²) in [5.74, 6) is -2.58. The number of hydrogen-bond acceptors (Lipinski definition) is 1. The first-order valence-corrected chi connectivity index (χ1v) is 5.31. The quantitative estimate of drug-likeness (QED) is 0.788. The molecule has 0 radical (unpaired) electrons. The normalized spacial score (nSPS) is 13.2. The van der Waals surface area contributed by atoms with Gasteiger partial charge < -0.3 is 5.73 Å². The lowest BCUT2D eigenvalue weighted by Crippen LogP contribution is -2.14. The SMILES string of the molecule is CC(C)CCC(N)c1cc(F)c(F)cc1F. The van der Waals surface area contributed by atoms with Crippen molar-refractivity contribution in [3.05, 3.63) is 35.1 Å². The van der Waals surface area contributed by atoms with Crippen molar-refractivity contribution in [3.63, 3.8) is 0 Å². The molecule has 1 aromatic carbocycles. The van der Waals surface area contributed by atoms with Gasteiger partial charge in [0.05, 0.1) is 0 Å². The first-order valence-electron chi connectivity index (χ1n) is 5.31. The van der Waals surface area contributed by atoms with Crippen LogP contribution in [0.5, 0.6) is 0 Å². The van der Waals surface area contributed by atoms with Gasteiger partial charge in [0.25, 0.3) is 0 Å². The third kappa shape index (κ3) is 3.23. The van der Waals surface area contributed by atoms with Crippen LogP contribution < -0.4 is 5.73 Å². The first-order chi connectivity index (χ1) is 7.41. The summed E-state index contributed by atoms with van der Waals surface area (Å²) < 4.78 is 38.9. The van der Waals surface area contributed by atoms with Gasteiger partial charge in [-0.05, 0) is 24.8 Å². The van der Waals surface area contributed by atoms with Crippen LogP contribution in [0.3, 0.4) is 0 Å². The van der Waals surface area contributed by atoms with E-state index < -0.39 is 23.5 Å². The van der Waals surface area contributed by atoms with Crippen molar-refractivity contribution in [2.75, 3.05) is 0 Å². The monoisotopic (exact) mass is 231 g/mol. The van der Waals surface area contributed by atoms with E-state index in [-0.39, 0.29) is 5.56 Å². The highest BCUT2D eigenvalue weighted by molar-refractivity contribution is 5.23. The van der Waals surface area contributed by atoms with Crippen molar-refractivity contribution in [3.8, 4) is 0 Å². The largest absolute Gasteiger partial charge is 0.324 e. The molecule has 16 heavy (non-hydrogen) atoms. The van der Waals surface area contributed by atoms with Crippen LogP contribution in [0.25, 0.3) is 0 Å². The van der Waals surface area contributed by atoms with E-state index in [0.29, 0.717) is 18.4 Å². The maximum atomic E-state index is 13.3. The van der Waals surface area contributed by atoms with Gasteiger partial charge in [0.15, 0.2) is 11.6 Å². The van der Waals surface area contributed by atoms with Crippen LogP contribution >= 0.6 is 0 Å². The van der Waals surface area contributed by atoms with Crippen molar-refractivity contribution in [1.82, 2.24) is 0 Å². The smallest absolute Gasteiger partial charge is 0.161 e. The maximum absolute atomic E-state index is 13.3. The fourth-order valence-corrected chi connectivity index (χ4v) is 1.49. The molecule has 2 N–H and O–H groups in total. The average Bonchev–Trinajstić information content (AvgIpc) is 2.20. The van der Waals surface area contributed by atoms with Crippen LogP contribution in [0, 0.1) is 23.4 Å². The van der Waals surface area contributed by atoms with Crippen molar-refractivity contribution < 1.29 is 13.2 Å². The molecule has 1 aromatic rings. The zero-order valence-corrected chi connectivity index (χ0v) is 9.43. The van der Waals surface area contributed by atoms with Gasteiger partial charge in [-0.2, -0.15) is 0 Å². The molecule has 0 fully saturated rings. The summed E-state index contributed by atoms with van der Waals surface area (Å²) >= 11 is 0.